The molecule has 0 aliphatic heterocycles. The molecule has 0 aliphatic rings. The first-order chi connectivity index (χ1) is 12.0. The number of hydrogen-bond acceptors (Lipinski definition) is 4. The van der Waals surface area contributed by atoms with Gasteiger partial charge in [-0.25, -0.2) is 9.18 Å². The van der Waals surface area contributed by atoms with Crippen molar-refractivity contribution in [2.24, 2.45) is 0 Å². The Hall–Kier alpha value is -3.24. The third-order valence-electron chi connectivity index (χ3n) is 3.59. The first kappa shape index (κ1) is 16.6. The molecular formula is C17H10ClFN4O2. The Labute approximate surface area is 145 Å². The number of rotatable bonds is 3. The lowest BCUT2D eigenvalue weighted by molar-refractivity contribution is 0.627. The van der Waals surface area contributed by atoms with Crippen molar-refractivity contribution in [3.05, 3.63) is 91.5 Å². The Morgan fingerprint density at radius 3 is 2.52 bits per heavy atom. The van der Waals surface area contributed by atoms with Crippen molar-refractivity contribution in [3.8, 4) is 11.8 Å². The molecule has 0 radical (unpaired) electrons. The fraction of sp³-hybridized carbons (Fsp3) is 0.0588. The molecule has 0 amide bonds. The van der Waals surface area contributed by atoms with Gasteiger partial charge >= 0.3 is 5.69 Å². The van der Waals surface area contributed by atoms with E-state index in [0.717, 1.165) is 10.9 Å². The third kappa shape index (κ3) is 3.34. The van der Waals surface area contributed by atoms with Gasteiger partial charge in [-0.1, -0.05) is 29.8 Å². The number of aromatic amines is 1. The Morgan fingerprint density at radius 1 is 1.20 bits per heavy atom. The number of hydrogen-bond donors (Lipinski definition) is 1. The zero-order valence-electron chi connectivity index (χ0n) is 12.6. The van der Waals surface area contributed by atoms with Crippen LogP contribution in [0.4, 0.5) is 4.39 Å². The molecule has 6 nitrogen and oxygen atoms in total. The molecule has 0 aliphatic carbocycles. The Morgan fingerprint density at radius 2 is 1.92 bits per heavy atom. The monoisotopic (exact) mass is 356 g/mol. The average Bonchev–Trinajstić information content (AvgIpc) is 2.58. The minimum atomic E-state index is -0.702. The smallest absolute Gasteiger partial charge is 0.271 e. The minimum absolute atomic E-state index is 0.244. The Kier molecular flexibility index (Phi) is 4.46. The van der Waals surface area contributed by atoms with Crippen LogP contribution in [0, 0.1) is 17.1 Å². The van der Waals surface area contributed by atoms with Crippen molar-refractivity contribution in [1.82, 2.24) is 14.8 Å². The van der Waals surface area contributed by atoms with E-state index in [1.165, 1.54) is 30.3 Å². The molecule has 1 aromatic heterocycles. The fourth-order valence-corrected chi connectivity index (χ4v) is 2.68. The van der Waals surface area contributed by atoms with Crippen LogP contribution in [0.3, 0.4) is 0 Å². The number of nitriles is 1. The molecule has 3 aromatic rings. The summed E-state index contributed by atoms with van der Waals surface area (Å²) in [7, 11) is 0. The van der Waals surface area contributed by atoms with E-state index in [4.69, 9.17) is 11.6 Å². The van der Waals surface area contributed by atoms with Crippen LogP contribution in [0.5, 0.6) is 0 Å². The molecule has 8 heteroatoms. The molecule has 0 fully saturated rings. The second-order valence-electron chi connectivity index (χ2n) is 5.17. The highest BCUT2D eigenvalue weighted by Crippen LogP contribution is 2.31. The lowest BCUT2D eigenvalue weighted by Crippen LogP contribution is -2.30. The average molecular weight is 357 g/mol. The van der Waals surface area contributed by atoms with E-state index in [1.54, 1.807) is 12.1 Å². The highest BCUT2D eigenvalue weighted by molar-refractivity contribution is 6.31. The van der Waals surface area contributed by atoms with E-state index >= 15 is 0 Å². The van der Waals surface area contributed by atoms with Crippen molar-refractivity contribution >= 4 is 11.6 Å². The molecule has 0 spiro atoms. The van der Waals surface area contributed by atoms with Crippen LogP contribution >= 0.6 is 11.6 Å². The van der Waals surface area contributed by atoms with E-state index in [0.29, 0.717) is 16.8 Å². The maximum atomic E-state index is 13.1. The van der Waals surface area contributed by atoms with Gasteiger partial charge in [0.1, 0.15) is 12.0 Å². The lowest BCUT2D eigenvalue weighted by Gasteiger charge is -2.13. The van der Waals surface area contributed by atoms with Gasteiger partial charge in [-0.3, -0.25) is 9.78 Å². The quantitative estimate of drug-likeness (QED) is 0.779. The highest BCUT2D eigenvalue weighted by atomic mass is 35.5. The van der Waals surface area contributed by atoms with E-state index < -0.39 is 23.0 Å². The normalized spacial score (nSPS) is 11.7. The van der Waals surface area contributed by atoms with Crippen molar-refractivity contribution in [2.75, 3.05) is 0 Å². The highest BCUT2D eigenvalue weighted by Gasteiger charge is 2.17. The van der Waals surface area contributed by atoms with Gasteiger partial charge in [0.05, 0.1) is 17.7 Å². The number of nitrogens with zero attached hydrogens (tertiary/aromatic N) is 3. The predicted molar refractivity (Wildman–Crippen MR) is 89.3 cm³/mol. The topological polar surface area (TPSA) is 91.5 Å². The standard InChI is InChI=1S/C17H10ClFN4O2/c18-15-7-12(23-17(25)22-16(24)9-21-23)5-6-13(15)14(8-20)10-1-3-11(19)4-2-10/h1-7,9,14H,(H,22,24,25). The second kappa shape index (κ2) is 6.71. The number of halogens is 2. The van der Waals surface area contributed by atoms with E-state index in [1.807, 2.05) is 0 Å². The van der Waals surface area contributed by atoms with Gasteiger partial charge in [-0.05, 0) is 35.4 Å². The molecule has 1 unspecified atom stereocenters. The van der Waals surface area contributed by atoms with Gasteiger partial charge in [0.2, 0.25) is 0 Å². The summed E-state index contributed by atoms with van der Waals surface area (Å²) in [6.45, 7) is 0. The molecule has 1 atom stereocenters. The zero-order chi connectivity index (χ0) is 18.0. The van der Waals surface area contributed by atoms with Crippen molar-refractivity contribution < 1.29 is 4.39 Å². The molecule has 25 heavy (non-hydrogen) atoms. The third-order valence-corrected chi connectivity index (χ3v) is 3.91. The number of nitrogens with one attached hydrogen (secondary N) is 1. The van der Waals surface area contributed by atoms with Crippen molar-refractivity contribution in [3.63, 3.8) is 0 Å². The first-order valence-corrected chi connectivity index (χ1v) is 7.51. The van der Waals surface area contributed by atoms with E-state index in [-0.39, 0.29) is 5.02 Å². The Balaban J connectivity index is 2.04. The van der Waals surface area contributed by atoms with Gasteiger partial charge in [0.25, 0.3) is 5.56 Å². The molecule has 2 aromatic carbocycles. The van der Waals surface area contributed by atoms with Crippen LogP contribution in [0.2, 0.25) is 5.02 Å². The van der Waals surface area contributed by atoms with E-state index in [9.17, 15) is 19.2 Å². The maximum Gasteiger partial charge on any atom is 0.349 e. The fourth-order valence-electron chi connectivity index (χ4n) is 2.40. The summed E-state index contributed by atoms with van der Waals surface area (Å²) in [6.07, 6.45) is 0.972. The summed E-state index contributed by atoms with van der Waals surface area (Å²) in [6, 6.07) is 12.3. The van der Waals surface area contributed by atoms with Crippen LogP contribution in [-0.4, -0.2) is 14.8 Å². The van der Waals surface area contributed by atoms with Crippen LogP contribution in [-0.2, 0) is 0 Å². The van der Waals surface area contributed by atoms with Gasteiger partial charge in [-0.2, -0.15) is 15.0 Å². The molecule has 0 saturated carbocycles. The summed E-state index contributed by atoms with van der Waals surface area (Å²) in [4.78, 5) is 25.0. The second-order valence-corrected chi connectivity index (χ2v) is 5.58. The largest absolute Gasteiger partial charge is 0.349 e. The van der Waals surface area contributed by atoms with Gasteiger partial charge < -0.3 is 0 Å². The van der Waals surface area contributed by atoms with Crippen LogP contribution < -0.4 is 11.2 Å². The number of H-pyrrole nitrogens is 1. The summed E-state index contributed by atoms with van der Waals surface area (Å²) in [5.74, 6) is -1.09. The van der Waals surface area contributed by atoms with E-state index in [2.05, 4.69) is 16.2 Å². The molecular weight excluding hydrogens is 347 g/mol. The SMILES string of the molecule is N#CC(c1ccc(F)cc1)c1ccc(-n2ncc(=O)[nH]c2=O)cc1Cl. The van der Waals surface area contributed by atoms with Gasteiger partial charge in [0, 0.05) is 5.02 Å². The lowest BCUT2D eigenvalue weighted by atomic mass is 9.92. The van der Waals surface area contributed by atoms with Crippen LogP contribution in [0.1, 0.15) is 17.0 Å². The van der Waals surface area contributed by atoms with Gasteiger partial charge in [0.15, 0.2) is 0 Å². The molecule has 124 valence electrons. The Bertz CT molecular complexity index is 1080. The van der Waals surface area contributed by atoms with Gasteiger partial charge in [-0.15, -0.1) is 0 Å². The molecule has 1 N–H and O–H groups in total. The van der Waals surface area contributed by atoms with Crippen molar-refractivity contribution in [2.45, 2.75) is 5.92 Å². The van der Waals surface area contributed by atoms with Crippen molar-refractivity contribution in [1.29, 1.82) is 5.26 Å². The summed E-state index contributed by atoms with van der Waals surface area (Å²) in [5, 5.41) is 13.5. The van der Waals surface area contributed by atoms with Crippen LogP contribution in [0.25, 0.3) is 5.69 Å². The first-order valence-electron chi connectivity index (χ1n) is 7.13. The number of benzene rings is 2. The minimum Gasteiger partial charge on any atom is -0.271 e. The zero-order valence-corrected chi connectivity index (χ0v) is 13.4. The molecule has 3 rings (SSSR count). The predicted octanol–water partition coefficient (Wildman–Crippen LogP) is 2.37. The molecule has 1 heterocycles. The summed E-state index contributed by atoms with van der Waals surface area (Å²) < 4.78 is 14.1. The van der Waals surface area contributed by atoms with Crippen LogP contribution in [0.15, 0.2) is 58.3 Å². The summed E-state index contributed by atoms with van der Waals surface area (Å²) >= 11 is 6.28. The maximum absolute atomic E-state index is 13.1. The molecule has 0 saturated heterocycles. The number of aromatic nitrogens is 3. The molecule has 0 bridgehead atoms. The summed E-state index contributed by atoms with van der Waals surface area (Å²) in [5.41, 5.74) is 0.136.